The van der Waals surface area contributed by atoms with Crippen LogP contribution in [0.2, 0.25) is 0 Å². The minimum absolute atomic E-state index is 0.264. The number of rotatable bonds is 10. The number of nitrogens with one attached hydrogen (secondary N) is 1. The summed E-state index contributed by atoms with van der Waals surface area (Å²) >= 11 is 0. The summed E-state index contributed by atoms with van der Waals surface area (Å²) in [5.74, 6) is 3.67. The zero-order chi connectivity index (χ0) is 24.4. The number of hydrogen-bond donors (Lipinski definition) is 2. The summed E-state index contributed by atoms with van der Waals surface area (Å²) in [4.78, 5) is 4.60. The van der Waals surface area contributed by atoms with Gasteiger partial charge in [0.15, 0.2) is 0 Å². The van der Waals surface area contributed by atoms with Gasteiger partial charge in [-0.1, -0.05) is 77.7 Å². The summed E-state index contributed by atoms with van der Waals surface area (Å²) in [7, 11) is 0. The molecule has 2 aromatic carbocycles. The normalized spacial score (nSPS) is 12.8. The number of nitrogens with zero attached hydrogens (tertiary/aromatic N) is 2. The van der Waals surface area contributed by atoms with E-state index in [0.717, 1.165) is 47.4 Å². The number of aromatic nitrogens is 2. The molecule has 2 atom stereocenters. The van der Waals surface area contributed by atoms with E-state index in [1.54, 1.807) is 0 Å². The number of nitrogens with two attached hydrogens (primary N) is 1. The van der Waals surface area contributed by atoms with E-state index in [0.29, 0.717) is 23.5 Å². The van der Waals surface area contributed by atoms with Crippen molar-refractivity contribution in [1.29, 1.82) is 5.41 Å². The lowest BCUT2D eigenvalue weighted by Gasteiger charge is -2.09. The third-order valence-electron chi connectivity index (χ3n) is 5.65. The van der Waals surface area contributed by atoms with E-state index < -0.39 is 0 Å². The van der Waals surface area contributed by atoms with Crippen molar-refractivity contribution in [2.75, 3.05) is 6.61 Å². The maximum Gasteiger partial charge on any atom is 0.229 e. The third kappa shape index (κ3) is 8.19. The van der Waals surface area contributed by atoms with Crippen LogP contribution in [0, 0.1) is 17.2 Å². The summed E-state index contributed by atoms with van der Waals surface area (Å²) in [6, 6.07) is 12.4. The highest BCUT2D eigenvalue weighted by Gasteiger charge is 2.15. The summed E-state index contributed by atoms with van der Waals surface area (Å²) in [5, 5.41) is 13.3. The second kappa shape index (κ2) is 13.0. The van der Waals surface area contributed by atoms with Crippen LogP contribution in [0.25, 0.3) is 22.2 Å². The van der Waals surface area contributed by atoms with E-state index in [1.165, 1.54) is 12.8 Å². The van der Waals surface area contributed by atoms with Crippen LogP contribution in [-0.4, -0.2) is 22.6 Å². The molecule has 3 rings (SSSR count). The molecule has 2 unspecified atom stereocenters. The van der Waals surface area contributed by atoms with Crippen LogP contribution in [0.5, 0.6) is 5.75 Å². The molecule has 0 saturated heterocycles. The van der Waals surface area contributed by atoms with E-state index in [9.17, 15) is 0 Å². The van der Waals surface area contributed by atoms with Gasteiger partial charge < -0.3 is 15.0 Å². The molecule has 0 spiro atoms. The second-order valence-corrected chi connectivity index (χ2v) is 9.19. The first kappa shape index (κ1) is 26.4. The van der Waals surface area contributed by atoms with Crippen molar-refractivity contribution in [3.8, 4) is 17.1 Å². The third-order valence-corrected chi connectivity index (χ3v) is 5.65. The van der Waals surface area contributed by atoms with Crippen LogP contribution >= 0.6 is 0 Å². The van der Waals surface area contributed by atoms with Gasteiger partial charge in [-0.2, -0.15) is 4.98 Å². The molecule has 1 aromatic heterocycles. The van der Waals surface area contributed by atoms with Gasteiger partial charge in [0.25, 0.3) is 0 Å². The van der Waals surface area contributed by atoms with Gasteiger partial charge in [0.05, 0.1) is 12.4 Å². The van der Waals surface area contributed by atoms with Crippen LogP contribution < -0.4 is 10.5 Å². The highest BCUT2D eigenvalue weighted by Crippen LogP contribution is 2.28. The van der Waals surface area contributed by atoms with Gasteiger partial charge >= 0.3 is 0 Å². The van der Waals surface area contributed by atoms with Crippen molar-refractivity contribution in [2.45, 2.75) is 73.1 Å². The van der Waals surface area contributed by atoms with Gasteiger partial charge in [-0.05, 0) is 47.7 Å². The van der Waals surface area contributed by atoms with Gasteiger partial charge in [-0.3, -0.25) is 5.41 Å². The first-order chi connectivity index (χ1) is 15.7. The van der Waals surface area contributed by atoms with Crippen LogP contribution in [0.1, 0.15) is 79.0 Å². The predicted octanol–water partition coefficient (Wildman–Crippen LogP) is 7.19. The predicted molar refractivity (Wildman–Crippen MR) is 137 cm³/mol. The van der Waals surface area contributed by atoms with E-state index in [4.69, 9.17) is 20.4 Å². The summed E-state index contributed by atoms with van der Waals surface area (Å²) in [6.07, 6.45) is 4.40. The van der Waals surface area contributed by atoms with Crippen molar-refractivity contribution in [3.05, 3.63) is 42.3 Å². The number of ether oxygens (including phenoxy) is 1. The molecule has 0 aliphatic rings. The molecule has 0 bridgehead atoms. The fourth-order valence-corrected chi connectivity index (χ4v) is 3.12. The summed E-state index contributed by atoms with van der Waals surface area (Å²) in [6.45, 7) is 13.3. The fourth-order valence-electron chi connectivity index (χ4n) is 3.12. The van der Waals surface area contributed by atoms with E-state index in [2.05, 4.69) is 62.1 Å². The monoisotopic (exact) mass is 452 g/mol. The zero-order valence-corrected chi connectivity index (χ0v) is 21.0. The Morgan fingerprint density at radius 3 is 2.36 bits per heavy atom. The molecule has 180 valence electrons. The molecule has 1 heterocycles. The molecular weight excluding hydrogens is 412 g/mol. The Morgan fingerprint density at radius 1 is 1.06 bits per heavy atom. The average Bonchev–Trinajstić information content (AvgIpc) is 3.31. The highest BCUT2D eigenvalue weighted by molar-refractivity contribution is 5.87. The largest absolute Gasteiger partial charge is 0.493 e. The Bertz CT molecular complexity index is 1010. The molecular formula is C27H40N4O2. The van der Waals surface area contributed by atoms with Crippen molar-refractivity contribution in [1.82, 2.24) is 10.1 Å². The molecule has 0 amide bonds. The van der Waals surface area contributed by atoms with E-state index in [-0.39, 0.29) is 5.92 Å². The molecule has 6 nitrogen and oxygen atoms in total. The molecule has 0 aliphatic heterocycles. The lowest BCUT2D eigenvalue weighted by atomic mass is 10.0. The Kier molecular flexibility index (Phi) is 10.4. The molecule has 0 radical (unpaired) electrons. The first-order valence-electron chi connectivity index (χ1n) is 12.1. The Morgan fingerprint density at radius 2 is 1.76 bits per heavy atom. The number of fused-ring (bicyclic) bond motifs is 1. The number of hydrogen-bond acceptors (Lipinski definition) is 5. The van der Waals surface area contributed by atoms with Crippen LogP contribution in [-0.2, 0) is 0 Å². The topological polar surface area (TPSA) is 98.0 Å². The van der Waals surface area contributed by atoms with Crippen molar-refractivity contribution < 1.29 is 9.26 Å². The van der Waals surface area contributed by atoms with Gasteiger partial charge in [0.1, 0.15) is 5.75 Å². The Labute approximate surface area is 198 Å². The number of unbranched alkanes of at least 4 members (excludes halogenated alkanes) is 1. The van der Waals surface area contributed by atoms with E-state index in [1.807, 2.05) is 26.0 Å². The first-order valence-corrected chi connectivity index (χ1v) is 12.1. The van der Waals surface area contributed by atoms with Gasteiger partial charge in [0, 0.05) is 17.4 Å². The minimum atomic E-state index is 0.264. The van der Waals surface area contributed by atoms with Gasteiger partial charge in [-0.25, -0.2) is 0 Å². The number of amidine groups is 1. The van der Waals surface area contributed by atoms with Crippen LogP contribution in [0.15, 0.2) is 40.9 Å². The Balaban J connectivity index is 0.000000479. The van der Waals surface area contributed by atoms with Crippen molar-refractivity contribution in [3.63, 3.8) is 0 Å². The maximum atomic E-state index is 6.88. The molecule has 6 heteroatoms. The average molecular weight is 453 g/mol. The molecule has 3 aromatic rings. The van der Waals surface area contributed by atoms with Crippen LogP contribution in [0.4, 0.5) is 0 Å². The van der Waals surface area contributed by atoms with Gasteiger partial charge in [-0.15, -0.1) is 0 Å². The quantitative estimate of drug-likeness (QED) is 0.251. The van der Waals surface area contributed by atoms with Gasteiger partial charge in [0.2, 0.25) is 11.7 Å². The maximum absolute atomic E-state index is 6.88. The smallest absolute Gasteiger partial charge is 0.229 e. The molecule has 3 N–H and O–H groups in total. The molecule has 33 heavy (non-hydrogen) atoms. The standard InChI is InChI=1S/C22H28N2O2.C5H12N2/c1-5-6-7-16(4)22-23-21(24-26-22)19-9-8-18-13-20(25-14-15(2)3)11-10-17(18)12-19;1-3-4(2)5(6)7/h8-13,15-16H,5-7,14H2,1-4H3;4H,3H2,1-2H3,(H3,6,7). The molecule has 0 aliphatic carbocycles. The number of benzene rings is 2. The lowest BCUT2D eigenvalue weighted by Crippen LogP contribution is -2.18. The van der Waals surface area contributed by atoms with Crippen molar-refractivity contribution >= 4 is 16.6 Å². The minimum Gasteiger partial charge on any atom is -0.493 e. The fraction of sp³-hybridized carbons (Fsp3) is 0.519. The molecule has 0 fully saturated rings. The van der Waals surface area contributed by atoms with Crippen molar-refractivity contribution in [2.24, 2.45) is 17.6 Å². The SMILES string of the molecule is CCC(C)C(=N)N.CCCCC(C)c1nc(-c2ccc3cc(OCC(C)C)ccc3c2)no1. The van der Waals surface area contributed by atoms with E-state index >= 15 is 0 Å². The second-order valence-electron chi connectivity index (χ2n) is 9.19. The summed E-state index contributed by atoms with van der Waals surface area (Å²) in [5.41, 5.74) is 6.11. The van der Waals surface area contributed by atoms with Crippen LogP contribution in [0.3, 0.4) is 0 Å². The Hall–Kier alpha value is -2.89. The zero-order valence-electron chi connectivity index (χ0n) is 21.0. The highest BCUT2D eigenvalue weighted by atomic mass is 16.5. The molecule has 0 saturated carbocycles. The lowest BCUT2D eigenvalue weighted by molar-refractivity contribution is 0.271. The summed E-state index contributed by atoms with van der Waals surface area (Å²) < 4.78 is 11.3.